The van der Waals surface area contributed by atoms with Crippen LogP contribution in [0.1, 0.15) is 13.8 Å². The smallest absolute Gasteiger partial charge is 0.351 e. The topological polar surface area (TPSA) is 30.2 Å². The molecule has 0 unspecified atom stereocenters. The maximum atomic E-state index is 11.9. The molecular weight excluding hydrogens is 392 g/mol. The maximum Gasteiger partial charge on any atom is 0.351 e. The van der Waals surface area contributed by atoms with Crippen LogP contribution in [0, 0.1) is 0 Å². The van der Waals surface area contributed by atoms with Crippen LogP contribution in [0.15, 0.2) is 53.4 Å². The molecule has 100 valence electrons. The van der Waals surface area contributed by atoms with Crippen LogP contribution < -0.4 is 5.63 Å². The number of thioether (sulfide) groups is 1. The summed E-state index contributed by atoms with van der Waals surface area (Å²) in [5.74, 6) is 0.581. The highest BCUT2D eigenvalue weighted by atomic mass is 79.9. The first-order valence-corrected chi connectivity index (χ1v) is 8.20. The van der Waals surface area contributed by atoms with E-state index >= 15 is 0 Å². The van der Waals surface area contributed by atoms with Gasteiger partial charge in [0.2, 0.25) is 0 Å². The van der Waals surface area contributed by atoms with Crippen molar-refractivity contribution >= 4 is 43.6 Å². The van der Waals surface area contributed by atoms with Gasteiger partial charge in [0, 0.05) is 20.2 Å². The number of hydrogen-bond donors (Lipinski definition) is 0. The van der Waals surface area contributed by atoms with E-state index in [1.54, 1.807) is 11.8 Å². The van der Waals surface area contributed by atoms with E-state index in [4.69, 9.17) is 4.42 Å². The van der Waals surface area contributed by atoms with Gasteiger partial charge >= 0.3 is 5.63 Å². The summed E-state index contributed by atoms with van der Waals surface area (Å²) in [4.78, 5) is 12.8. The van der Waals surface area contributed by atoms with Crippen molar-refractivity contribution in [3.63, 3.8) is 0 Å². The molecule has 19 heavy (non-hydrogen) atoms. The molecule has 0 fully saturated rings. The van der Waals surface area contributed by atoms with Crippen LogP contribution in [-0.4, -0.2) is 5.25 Å². The molecule has 2 rings (SSSR count). The van der Waals surface area contributed by atoms with Crippen LogP contribution in [0.25, 0.3) is 11.3 Å². The van der Waals surface area contributed by atoms with Gasteiger partial charge in [-0.3, -0.25) is 0 Å². The molecule has 2 aromatic rings. The SMILES string of the molecule is CC(C)Sc1cc(-c2cccc(Br)c2)oc(=O)c1Br. The predicted molar refractivity (Wildman–Crippen MR) is 86.8 cm³/mol. The summed E-state index contributed by atoms with van der Waals surface area (Å²) in [6, 6.07) is 9.59. The molecule has 0 radical (unpaired) electrons. The van der Waals surface area contributed by atoms with Crippen molar-refractivity contribution in [3.05, 3.63) is 49.7 Å². The largest absolute Gasteiger partial charge is 0.422 e. The minimum absolute atomic E-state index is 0.347. The van der Waals surface area contributed by atoms with E-state index in [0.29, 0.717) is 15.5 Å². The number of rotatable bonds is 3. The average molecular weight is 404 g/mol. The second-order valence-corrected chi connectivity index (χ2v) is 7.58. The van der Waals surface area contributed by atoms with Crippen LogP contribution in [0.3, 0.4) is 0 Å². The normalized spacial score (nSPS) is 11.0. The van der Waals surface area contributed by atoms with Gasteiger partial charge in [0.25, 0.3) is 0 Å². The molecule has 0 atom stereocenters. The Kier molecular flexibility index (Phi) is 4.92. The van der Waals surface area contributed by atoms with E-state index < -0.39 is 0 Å². The zero-order valence-electron chi connectivity index (χ0n) is 10.4. The zero-order valence-corrected chi connectivity index (χ0v) is 14.4. The summed E-state index contributed by atoms with van der Waals surface area (Å²) in [5.41, 5.74) is 0.533. The Labute approximate surface area is 132 Å². The number of benzene rings is 1. The molecule has 0 spiro atoms. The molecule has 2 nitrogen and oxygen atoms in total. The van der Waals surface area contributed by atoms with E-state index in [-0.39, 0.29) is 5.63 Å². The molecule has 0 aliphatic carbocycles. The fourth-order valence-electron chi connectivity index (χ4n) is 1.58. The van der Waals surface area contributed by atoms with E-state index in [1.165, 1.54) is 0 Å². The average Bonchev–Trinajstić information content (AvgIpc) is 2.34. The van der Waals surface area contributed by atoms with Gasteiger partial charge in [-0.15, -0.1) is 11.8 Å². The Balaban J connectivity index is 2.53. The third-order valence-electron chi connectivity index (χ3n) is 2.33. The minimum atomic E-state index is -0.347. The molecule has 0 aliphatic heterocycles. The number of hydrogen-bond acceptors (Lipinski definition) is 3. The highest BCUT2D eigenvalue weighted by Crippen LogP contribution is 2.32. The van der Waals surface area contributed by atoms with Crippen molar-refractivity contribution in [2.75, 3.05) is 0 Å². The molecule has 0 amide bonds. The lowest BCUT2D eigenvalue weighted by atomic mass is 10.2. The van der Waals surface area contributed by atoms with Crippen molar-refractivity contribution < 1.29 is 4.42 Å². The highest BCUT2D eigenvalue weighted by Gasteiger charge is 2.12. The van der Waals surface area contributed by atoms with E-state index in [2.05, 4.69) is 45.7 Å². The van der Waals surface area contributed by atoms with Crippen LogP contribution in [0.4, 0.5) is 0 Å². The van der Waals surface area contributed by atoms with Gasteiger partial charge in [-0.05, 0) is 34.1 Å². The molecule has 5 heteroatoms. The van der Waals surface area contributed by atoms with Gasteiger partial charge in [0.05, 0.1) is 0 Å². The second kappa shape index (κ2) is 6.29. The molecule has 0 N–H and O–H groups in total. The first-order valence-electron chi connectivity index (χ1n) is 5.73. The van der Waals surface area contributed by atoms with Gasteiger partial charge < -0.3 is 4.42 Å². The fraction of sp³-hybridized carbons (Fsp3) is 0.214. The number of halogens is 2. The van der Waals surface area contributed by atoms with E-state index in [0.717, 1.165) is 14.9 Å². The summed E-state index contributed by atoms with van der Waals surface area (Å²) >= 11 is 8.34. The lowest BCUT2D eigenvalue weighted by molar-refractivity contribution is 0.516. The van der Waals surface area contributed by atoms with Crippen molar-refractivity contribution in [1.82, 2.24) is 0 Å². The third kappa shape index (κ3) is 3.74. The predicted octanol–water partition coefficient (Wildman–Crippen LogP) is 5.33. The summed E-state index contributed by atoms with van der Waals surface area (Å²) in [6.45, 7) is 4.18. The molecular formula is C14H12Br2O2S. The van der Waals surface area contributed by atoms with E-state index in [9.17, 15) is 4.79 Å². The Morgan fingerprint density at radius 3 is 2.58 bits per heavy atom. The van der Waals surface area contributed by atoms with Gasteiger partial charge in [-0.1, -0.05) is 41.9 Å². The molecule has 0 aliphatic rings. The quantitative estimate of drug-likeness (QED) is 0.648. The Hall–Kier alpha value is -0.520. The Morgan fingerprint density at radius 1 is 1.21 bits per heavy atom. The fourth-order valence-corrected chi connectivity index (χ4v) is 3.33. The first kappa shape index (κ1) is 14.9. The zero-order chi connectivity index (χ0) is 14.0. The monoisotopic (exact) mass is 402 g/mol. The third-order valence-corrected chi connectivity index (χ3v) is 4.89. The lowest BCUT2D eigenvalue weighted by Crippen LogP contribution is -2.03. The summed E-state index contributed by atoms with van der Waals surface area (Å²) in [7, 11) is 0. The van der Waals surface area contributed by atoms with Crippen LogP contribution >= 0.6 is 43.6 Å². The molecule has 0 bridgehead atoms. The first-order chi connectivity index (χ1) is 8.97. The summed E-state index contributed by atoms with van der Waals surface area (Å²) < 4.78 is 6.78. The van der Waals surface area contributed by atoms with E-state index in [1.807, 2.05) is 30.3 Å². The lowest BCUT2D eigenvalue weighted by Gasteiger charge is -2.08. The summed E-state index contributed by atoms with van der Waals surface area (Å²) in [6.07, 6.45) is 0. The Morgan fingerprint density at radius 2 is 1.95 bits per heavy atom. The standard InChI is InChI=1S/C14H12Br2O2S/c1-8(2)19-12-7-11(18-14(17)13(12)16)9-4-3-5-10(15)6-9/h3-8H,1-2H3. The second-order valence-electron chi connectivity index (χ2n) is 4.25. The van der Waals surface area contributed by atoms with Gasteiger partial charge in [-0.25, -0.2) is 4.79 Å². The summed E-state index contributed by atoms with van der Waals surface area (Å²) in [5, 5.41) is 0.397. The van der Waals surface area contributed by atoms with Gasteiger partial charge in [0.15, 0.2) is 0 Å². The molecule has 1 heterocycles. The molecule has 0 saturated heterocycles. The highest BCUT2D eigenvalue weighted by molar-refractivity contribution is 9.10. The van der Waals surface area contributed by atoms with Crippen molar-refractivity contribution in [2.45, 2.75) is 24.0 Å². The van der Waals surface area contributed by atoms with Crippen molar-refractivity contribution in [2.24, 2.45) is 0 Å². The van der Waals surface area contributed by atoms with Crippen molar-refractivity contribution in [1.29, 1.82) is 0 Å². The van der Waals surface area contributed by atoms with Gasteiger partial charge in [0.1, 0.15) is 10.2 Å². The van der Waals surface area contributed by atoms with Crippen LogP contribution in [0.5, 0.6) is 0 Å². The van der Waals surface area contributed by atoms with Crippen LogP contribution in [0.2, 0.25) is 0 Å². The van der Waals surface area contributed by atoms with Gasteiger partial charge in [-0.2, -0.15) is 0 Å². The molecule has 1 aromatic carbocycles. The Bertz CT molecular complexity index is 650. The molecule has 0 saturated carbocycles. The molecule has 1 aromatic heterocycles. The maximum absolute atomic E-state index is 11.9. The van der Waals surface area contributed by atoms with Crippen molar-refractivity contribution in [3.8, 4) is 11.3 Å². The minimum Gasteiger partial charge on any atom is -0.422 e. The van der Waals surface area contributed by atoms with Crippen LogP contribution in [-0.2, 0) is 0 Å².